The molecule has 2 N–H and O–H groups in total. The van der Waals surface area contributed by atoms with Crippen LogP contribution in [0.4, 0.5) is 5.69 Å². The number of benzene rings is 1. The Morgan fingerprint density at radius 1 is 1.09 bits per heavy atom. The normalized spacial score (nSPS) is 10.1. The van der Waals surface area contributed by atoms with Gasteiger partial charge in [0.25, 0.3) is 0 Å². The molecule has 0 saturated carbocycles. The first-order chi connectivity index (χ1) is 10.6. The molecule has 0 fully saturated rings. The zero-order valence-corrected chi connectivity index (χ0v) is 12.7. The van der Waals surface area contributed by atoms with E-state index in [2.05, 4.69) is 15.6 Å². The third-order valence-corrected chi connectivity index (χ3v) is 3.39. The van der Waals surface area contributed by atoms with Gasteiger partial charge in [0, 0.05) is 24.6 Å². The minimum atomic E-state index is -0.655. The fourth-order valence-electron chi connectivity index (χ4n) is 2.14. The van der Waals surface area contributed by atoms with Crippen LogP contribution in [0.15, 0.2) is 42.7 Å². The average Bonchev–Trinajstić information content (AvgIpc) is 2.55. The molecular weight excluding hydrogens is 278 g/mol. The number of anilines is 1. The minimum absolute atomic E-state index is 0.295. The summed E-state index contributed by atoms with van der Waals surface area (Å²) in [5.74, 6) is -1.31. The highest BCUT2D eigenvalue weighted by molar-refractivity contribution is 6.39. The second-order valence-electron chi connectivity index (χ2n) is 4.95. The third kappa shape index (κ3) is 3.91. The molecular formula is C17H19N3O2. The Kier molecular flexibility index (Phi) is 5.25. The molecule has 0 unspecified atom stereocenters. The molecule has 2 amide bonds. The molecule has 114 valence electrons. The molecule has 0 aliphatic carbocycles. The molecule has 0 radical (unpaired) electrons. The zero-order chi connectivity index (χ0) is 15.9. The molecule has 0 spiro atoms. The Morgan fingerprint density at radius 2 is 1.82 bits per heavy atom. The molecule has 5 heteroatoms. The average molecular weight is 297 g/mol. The van der Waals surface area contributed by atoms with E-state index in [1.807, 2.05) is 32.0 Å². The van der Waals surface area contributed by atoms with Gasteiger partial charge in [0.05, 0.1) is 0 Å². The number of carbonyl (C=O) groups is 2. The summed E-state index contributed by atoms with van der Waals surface area (Å²) in [6, 6.07) is 9.36. The van der Waals surface area contributed by atoms with E-state index < -0.39 is 11.8 Å². The van der Waals surface area contributed by atoms with Crippen molar-refractivity contribution in [2.45, 2.75) is 26.8 Å². The molecule has 2 aromatic rings. The van der Waals surface area contributed by atoms with Crippen LogP contribution in [-0.2, 0) is 22.6 Å². The fourth-order valence-corrected chi connectivity index (χ4v) is 2.14. The smallest absolute Gasteiger partial charge is 0.313 e. The van der Waals surface area contributed by atoms with E-state index in [9.17, 15) is 9.59 Å². The molecule has 0 aliphatic rings. The number of amides is 2. The summed E-state index contributed by atoms with van der Waals surface area (Å²) in [5, 5.41) is 5.30. The Labute approximate surface area is 129 Å². The van der Waals surface area contributed by atoms with E-state index in [1.54, 1.807) is 24.5 Å². The van der Waals surface area contributed by atoms with Gasteiger partial charge in [-0.05, 0) is 42.2 Å². The first-order valence-corrected chi connectivity index (χ1v) is 7.18. The van der Waals surface area contributed by atoms with E-state index in [0.717, 1.165) is 23.1 Å². The van der Waals surface area contributed by atoms with Crippen LogP contribution < -0.4 is 10.6 Å². The van der Waals surface area contributed by atoms with Crippen LogP contribution in [0.2, 0.25) is 0 Å². The van der Waals surface area contributed by atoms with Crippen LogP contribution in [0.3, 0.4) is 0 Å². The Morgan fingerprint density at radius 3 is 2.50 bits per heavy atom. The lowest BCUT2D eigenvalue weighted by atomic mass is 10.1. The molecule has 22 heavy (non-hydrogen) atoms. The summed E-state index contributed by atoms with van der Waals surface area (Å²) in [7, 11) is 0. The van der Waals surface area contributed by atoms with Crippen molar-refractivity contribution in [3.8, 4) is 0 Å². The van der Waals surface area contributed by atoms with Crippen molar-refractivity contribution in [2.24, 2.45) is 0 Å². The zero-order valence-electron chi connectivity index (χ0n) is 12.7. The number of hydrogen-bond donors (Lipinski definition) is 2. The van der Waals surface area contributed by atoms with Gasteiger partial charge >= 0.3 is 11.8 Å². The summed E-state index contributed by atoms with van der Waals surface area (Å²) in [5.41, 5.74) is 3.56. The van der Waals surface area contributed by atoms with Crippen molar-refractivity contribution >= 4 is 17.5 Å². The number of rotatable bonds is 4. The van der Waals surface area contributed by atoms with Crippen molar-refractivity contribution in [3.63, 3.8) is 0 Å². The Balaban J connectivity index is 1.99. The van der Waals surface area contributed by atoms with Crippen molar-refractivity contribution in [1.29, 1.82) is 0 Å². The summed E-state index contributed by atoms with van der Waals surface area (Å²) < 4.78 is 0. The monoisotopic (exact) mass is 297 g/mol. The molecule has 0 bridgehead atoms. The number of pyridine rings is 1. The van der Waals surface area contributed by atoms with Crippen molar-refractivity contribution in [3.05, 3.63) is 59.4 Å². The minimum Gasteiger partial charge on any atom is -0.344 e. The second-order valence-corrected chi connectivity index (χ2v) is 4.95. The van der Waals surface area contributed by atoms with Crippen LogP contribution in [0.25, 0.3) is 0 Å². The van der Waals surface area contributed by atoms with Crippen LogP contribution in [-0.4, -0.2) is 16.8 Å². The van der Waals surface area contributed by atoms with Gasteiger partial charge in [-0.2, -0.15) is 0 Å². The number of carbonyl (C=O) groups excluding carboxylic acids is 2. The van der Waals surface area contributed by atoms with Gasteiger partial charge in [0.2, 0.25) is 0 Å². The number of para-hydroxylation sites is 1. The van der Waals surface area contributed by atoms with Gasteiger partial charge in [-0.25, -0.2) is 0 Å². The maximum atomic E-state index is 12.0. The first-order valence-electron chi connectivity index (χ1n) is 7.18. The molecule has 0 aliphatic heterocycles. The number of aryl methyl sites for hydroxylation is 2. The summed E-state index contributed by atoms with van der Waals surface area (Å²) in [4.78, 5) is 27.8. The Bertz CT molecular complexity index is 669. The number of nitrogens with one attached hydrogen (secondary N) is 2. The van der Waals surface area contributed by atoms with Crippen LogP contribution in [0.5, 0.6) is 0 Å². The second kappa shape index (κ2) is 7.36. The van der Waals surface area contributed by atoms with Gasteiger partial charge in [-0.1, -0.05) is 25.1 Å². The van der Waals surface area contributed by atoms with Gasteiger partial charge in [-0.15, -0.1) is 0 Å². The summed E-state index contributed by atoms with van der Waals surface area (Å²) >= 11 is 0. The Hall–Kier alpha value is -2.69. The van der Waals surface area contributed by atoms with Gasteiger partial charge in [-0.3, -0.25) is 14.6 Å². The lowest BCUT2D eigenvalue weighted by molar-refractivity contribution is -0.136. The van der Waals surface area contributed by atoms with E-state index in [1.165, 1.54) is 0 Å². The van der Waals surface area contributed by atoms with Crippen molar-refractivity contribution < 1.29 is 9.59 Å². The third-order valence-electron chi connectivity index (χ3n) is 3.39. The predicted octanol–water partition coefficient (Wildman–Crippen LogP) is 2.21. The maximum Gasteiger partial charge on any atom is 0.313 e. The molecule has 0 saturated heterocycles. The largest absolute Gasteiger partial charge is 0.344 e. The number of nitrogens with zero attached hydrogens (tertiary/aromatic N) is 1. The lowest BCUT2D eigenvalue weighted by Gasteiger charge is -2.12. The lowest BCUT2D eigenvalue weighted by Crippen LogP contribution is -2.35. The predicted molar refractivity (Wildman–Crippen MR) is 85.3 cm³/mol. The summed E-state index contributed by atoms with van der Waals surface area (Å²) in [6.45, 7) is 4.21. The van der Waals surface area contributed by atoms with Crippen molar-refractivity contribution in [2.75, 3.05) is 5.32 Å². The molecule has 2 rings (SSSR count). The first kappa shape index (κ1) is 15.7. The molecule has 5 nitrogen and oxygen atoms in total. The quantitative estimate of drug-likeness (QED) is 0.850. The maximum absolute atomic E-state index is 12.0. The standard InChI is InChI=1S/C17H19N3O2/c1-3-14-6-4-5-12(2)15(14)20-17(22)16(21)19-11-13-7-9-18-10-8-13/h4-10H,3,11H2,1-2H3,(H,19,21)(H,20,22). The van der Waals surface area contributed by atoms with E-state index in [-0.39, 0.29) is 0 Å². The molecule has 1 heterocycles. The molecule has 1 aromatic heterocycles. The van der Waals surface area contributed by atoms with Gasteiger partial charge < -0.3 is 10.6 Å². The SMILES string of the molecule is CCc1cccc(C)c1NC(=O)C(=O)NCc1ccncc1. The highest BCUT2D eigenvalue weighted by Crippen LogP contribution is 2.20. The van der Waals surface area contributed by atoms with E-state index in [0.29, 0.717) is 12.2 Å². The number of hydrogen-bond acceptors (Lipinski definition) is 3. The van der Waals surface area contributed by atoms with Crippen LogP contribution in [0.1, 0.15) is 23.6 Å². The highest BCUT2D eigenvalue weighted by Gasteiger charge is 2.15. The fraction of sp³-hybridized carbons (Fsp3) is 0.235. The topological polar surface area (TPSA) is 71.1 Å². The van der Waals surface area contributed by atoms with E-state index in [4.69, 9.17) is 0 Å². The number of aromatic nitrogens is 1. The van der Waals surface area contributed by atoms with Gasteiger partial charge in [0.15, 0.2) is 0 Å². The van der Waals surface area contributed by atoms with Crippen LogP contribution >= 0.6 is 0 Å². The highest BCUT2D eigenvalue weighted by atomic mass is 16.2. The summed E-state index contributed by atoms with van der Waals surface area (Å²) in [6.07, 6.45) is 4.07. The van der Waals surface area contributed by atoms with Crippen LogP contribution in [0, 0.1) is 6.92 Å². The van der Waals surface area contributed by atoms with E-state index >= 15 is 0 Å². The molecule has 0 atom stereocenters. The van der Waals surface area contributed by atoms with Gasteiger partial charge in [0.1, 0.15) is 0 Å². The molecule has 1 aromatic carbocycles. The van der Waals surface area contributed by atoms with Crippen molar-refractivity contribution in [1.82, 2.24) is 10.3 Å².